The number of carboxylic acids is 1. The van der Waals surface area contributed by atoms with Gasteiger partial charge in [0.15, 0.2) is 0 Å². The van der Waals surface area contributed by atoms with E-state index in [2.05, 4.69) is 15.2 Å². The van der Waals surface area contributed by atoms with Gasteiger partial charge in [0.05, 0.1) is 0 Å². The van der Waals surface area contributed by atoms with Crippen molar-refractivity contribution in [3.05, 3.63) is 57.9 Å². The van der Waals surface area contributed by atoms with Crippen LogP contribution in [0.25, 0.3) is 17.4 Å². The van der Waals surface area contributed by atoms with Crippen molar-refractivity contribution in [2.75, 3.05) is 0 Å². The molecule has 3 aromatic rings. The highest BCUT2D eigenvalue weighted by molar-refractivity contribution is 8.04. The van der Waals surface area contributed by atoms with E-state index in [1.165, 1.54) is 6.08 Å². The molecule has 0 saturated carbocycles. The number of aliphatic carboxylic acids is 1. The maximum absolute atomic E-state index is 11.5. The third-order valence-electron chi connectivity index (χ3n) is 3.42. The monoisotopic (exact) mass is 389 g/mol. The largest absolute Gasteiger partial charge is 0.477 e. The lowest BCUT2D eigenvalue weighted by Crippen LogP contribution is -1.97. The molecule has 0 amide bonds. The quantitative estimate of drug-likeness (QED) is 0.441. The summed E-state index contributed by atoms with van der Waals surface area (Å²) in [5.74, 6) is 0.698. The molecule has 0 aliphatic rings. The topological polar surface area (TPSA) is 92.0 Å². The summed E-state index contributed by atoms with van der Waals surface area (Å²) in [6.45, 7) is 2.03. The highest BCUT2D eigenvalue weighted by atomic mass is 35.5. The number of carbonyl (C=O) groups is 1. The van der Waals surface area contributed by atoms with E-state index in [-0.39, 0.29) is 4.91 Å². The summed E-state index contributed by atoms with van der Waals surface area (Å²) in [4.78, 5) is 15.9. The van der Waals surface area contributed by atoms with Gasteiger partial charge in [0.1, 0.15) is 22.3 Å². The summed E-state index contributed by atoms with van der Waals surface area (Å²) in [5, 5.41) is 17.3. The summed E-state index contributed by atoms with van der Waals surface area (Å²) in [5.41, 5.74) is 0.819. The zero-order valence-corrected chi connectivity index (χ0v) is 15.5. The van der Waals surface area contributed by atoms with Gasteiger partial charge in [-0.2, -0.15) is 0 Å². The molecule has 6 nitrogen and oxygen atoms in total. The highest BCUT2D eigenvalue weighted by Crippen LogP contribution is 2.29. The number of aryl methyl sites for hydroxylation is 1. The van der Waals surface area contributed by atoms with Crippen LogP contribution in [0.1, 0.15) is 24.9 Å². The Hall–Kier alpha value is -2.51. The van der Waals surface area contributed by atoms with Crippen molar-refractivity contribution in [3.8, 4) is 11.3 Å². The van der Waals surface area contributed by atoms with Crippen LogP contribution in [0.4, 0.5) is 0 Å². The van der Waals surface area contributed by atoms with E-state index in [9.17, 15) is 9.90 Å². The Kier molecular flexibility index (Phi) is 5.80. The number of hydrogen-bond donors (Lipinski definition) is 2. The molecule has 0 aliphatic heterocycles. The van der Waals surface area contributed by atoms with Crippen molar-refractivity contribution >= 4 is 35.4 Å². The van der Waals surface area contributed by atoms with E-state index < -0.39 is 5.97 Å². The van der Waals surface area contributed by atoms with Crippen molar-refractivity contribution in [3.63, 3.8) is 0 Å². The summed E-state index contributed by atoms with van der Waals surface area (Å²) >= 11 is 6.96. The lowest BCUT2D eigenvalue weighted by Gasteiger charge is -1.99. The van der Waals surface area contributed by atoms with Crippen LogP contribution < -0.4 is 0 Å². The molecular weight excluding hydrogens is 374 g/mol. The molecule has 1 aromatic carbocycles. The second kappa shape index (κ2) is 8.25. The average molecular weight is 390 g/mol. The smallest absolute Gasteiger partial charge is 0.342 e. The van der Waals surface area contributed by atoms with E-state index in [1.54, 1.807) is 24.3 Å². The molecule has 2 heterocycles. The first-order valence-corrected chi connectivity index (χ1v) is 9.14. The maximum atomic E-state index is 11.5. The van der Waals surface area contributed by atoms with Crippen molar-refractivity contribution in [1.82, 2.24) is 15.2 Å². The number of nitrogens with zero attached hydrogens (tertiary/aromatic N) is 2. The Morgan fingerprint density at radius 2 is 2.23 bits per heavy atom. The van der Waals surface area contributed by atoms with Gasteiger partial charge in [-0.05, 0) is 42.4 Å². The van der Waals surface area contributed by atoms with Crippen LogP contribution in [0, 0.1) is 0 Å². The Morgan fingerprint density at radius 1 is 1.38 bits per heavy atom. The molecule has 0 saturated heterocycles. The molecule has 8 heteroatoms. The SMILES string of the molecule is CCCc1nc(S/C(=C/c2ccc(-c3cccc(Cl)c3)o2)C(=O)O)n[nH]1. The van der Waals surface area contributed by atoms with E-state index in [0.717, 1.165) is 36.0 Å². The number of furan rings is 1. The van der Waals surface area contributed by atoms with Gasteiger partial charge in [-0.3, -0.25) is 5.10 Å². The number of hydrogen-bond acceptors (Lipinski definition) is 5. The van der Waals surface area contributed by atoms with Crippen LogP contribution in [0.2, 0.25) is 5.02 Å². The van der Waals surface area contributed by atoms with Crippen LogP contribution >= 0.6 is 23.4 Å². The predicted octanol–water partition coefficient (Wildman–Crippen LogP) is 4.89. The molecule has 0 atom stereocenters. The Labute approximate surface area is 159 Å². The van der Waals surface area contributed by atoms with E-state index in [4.69, 9.17) is 16.0 Å². The fraction of sp³-hybridized carbons (Fsp3) is 0.167. The van der Waals surface area contributed by atoms with Crippen molar-refractivity contribution in [1.29, 1.82) is 0 Å². The number of aromatic nitrogens is 3. The Morgan fingerprint density at radius 3 is 2.96 bits per heavy atom. The number of benzene rings is 1. The summed E-state index contributed by atoms with van der Waals surface area (Å²) < 4.78 is 5.73. The average Bonchev–Trinajstić information content (AvgIpc) is 3.24. The number of aromatic amines is 1. The number of nitrogens with one attached hydrogen (secondary N) is 1. The molecule has 26 heavy (non-hydrogen) atoms. The molecule has 2 aromatic heterocycles. The Balaban J connectivity index is 1.81. The molecule has 0 fully saturated rings. The Bertz CT molecular complexity index is 949. The number of carboxylic acid groups (broad SMARTS) is 1. The summed E-state index contributed by atoms with van der Waals surface area (Å²) in [6, 6.07) is 10.7. The van der Waals surface area contributed by atoms with Gasteiger partial charge in [0, 0.05) is 23.1 Å². The van der Waals surface area contributed by atoms with Gasteiger partial charge in [-0.15, -0.1) is 5.10 Å². The fourth-order valence-electron chi connectivity index (χ4n) is 2.26. The zero-order chi connectivity index (χ0) is 18.5. The molecule has 0 unspecified atom stereocenters. The van der Waals surface area contributed by atoms with Gasteiger partial charge in [0.25, 0.3) is 0 Å². The van der Waals surface area contributed by atoms with E-state index in [1.807, 2.05) is 19.1 Å². The third kappa shape index (κ3) is 4.56. The second-order valence-corrected chi connectivity index (χ2v) is 6.89. The van der Waals surface area contributed by atoms with Gasteiger partial charge in [-0.25, -0.2) is 9.78 Å². The van der Waals surface area contributed by atoms with Gasteiger partial charge < -0.3 is 9.52 Å². The number of thioether (sulfide) groups is 1. The first-order valence-electron chi connectivity index (χ1n) is 7.95. The van der Waals surface area contributed by atoms with E-state index >= 15 is 0 Å². The molecule has 0 bridgehead atoms. The molecule has 134 valence electrons. The second-order valence-electron chi connectivity index (χ2n) is 5.44. The minimum atomic E-state index is -1.07. The minimum Gasteiger partial charge on any atom is -0.477 e. The fourth-order valence-corrected chi connectivity index (χ4v) is 3.16. The van der Waals surface area contributed by atoms with Crippen LogP contribution in [-0.2, 0) is 11.2 Å². The molecule has 0 radical (unpaired) electrons. The lowest BCUT2D eigenvalue weighted by atomic mass is 10.2. The zero-order valence-electron chi connectivity index (χ0n) is 13.9. The van der Waals surface area contributed by atoms with E-state index in [0.29, 0.717) is 21.7 Å². The number of halogens is 1. The summed E-state index contributed by atoms with van der Waals surface area (Å²) in [6.07, 6.45) is 3.15. The molecule has 0 aliphatic carbocycles. The molecule has 2 N–H and O–H groups in total. The standard InChI is InChI=1S/C18H16ClN3O3S/c1-2-4-16-20-18(22-21-16)26-15(17(23)24)10-13-7-8-14(25-13)11-5-3-6-12(19)9-11/h3,5-10H,2,4H2,1H3,(H,23,24)(H,20,21,22)/b15-10+. The van der Waals surface area contributed by atoms with Gasteiger partial charge >= 0.3 is 5.97 Å². The molecule has 3 rings (SSSR count). The highest BCUT2D eigenvalue weighted by Gasteiger charge is 2.15. The molecular formula is C18H16ClN3O3S. The first-order chi connectivity index (χ1) is 12.5. The normalized spacial score (nSPS) is 11.7. The number of H-pyrrole nitrogens is 1. The van der Waals surface area contributed by atoms with Gasteiger partial charge in [-0.1, -0.05) is 30.7 Å². The summed E-state index contributed by atoms with van der Waals surface area (Å²) in [7, 11) is 0. The van der Waals surface area contributed by atoms with Crippen molar-refractivity contribution in [2.24, 2.45) is 0 Å². The van der Waals surface area contributed by atoms with Crippen LogP contribution in [0.15, 0.2) is 50.9 Å². The predicted molar refractivity (Wildman–Crippen MR) is 101 cm³/mol. The van der Waals surface area contributed by atoms with Crippen LogP contribution in [0.3, 0.4) is 0 Å². The van der Waals surface area contributed by atoms with Gasteiger partial charge in [0.2, 0.25) is 5.16 Å². The van der Waals surface area contributed by atoms with Crippen molar-refractivity contribution in [2.45, 2.75) is 24.9 Å². The first kappa shape index (κ1) is 18.3. The molecule has 0 spiro atoms. The maximum Gasteiger partial charge on any atom is 0.342 e. The lowest BCUT2D eigenvalue weighted by molar-refractivity contribution is -0.131. The van der Waals surface area contributed by atoms with Crippen LogP contribution in [0.5, 0.6) is 0 Å². The van der Waals surface area contributed by atoms with Crippen LogP contribution in [-0.4, -0.2) is 26.3 Å². The van der Waals surface area contributed by atoms with Crippen molar-refractivity contribution < 1.29 is 14.3 Å². The third-order valence-corrected chi connectivity index (χ3v) is 4.53. The number of rotatable bonds is 7. The minimum absolute atomic E-state index is 0.0686.